The average Bonchev–Trinajstić information content (AvgIpc) is 2.41. The Morgan fingerprint density at radius 2 is 1.82 bits per heavy atom. The van der Waals surface area contributed by atoms with Crippen molar-refractivity contribution < 1.29 is 4.74 Å². The largest absolute Gasteiger partial charge is 0.497 e. The summed E-state index contributed by atoms with van der Waals surface area (Å²) in [6.45, 7) is 3.41. The summed E-state index contributed by atoms with van der Waals surface area (Å²) in [5.74, 6) is 0.928. The van der Waals surface area contributed by atoms with Gasteiger partial charge in [-0.2, -0.15) is 0 Å². The van der Waals surface area contributed by atoms with Crippen molar-refractivity contribution in [2.75, 3.05) is 26.7 Å². The molecule has 0 unspecified atom stereocenters. The first-order valence-electron chi connectivity index (χ1n) is 6.50. The van der Waals surface area contributed by atoms with E-state index in [1.165, 1.54) is 37.9 Å². The zero-order valence-corrected chi connectivity index (χ0v) is 10.6. The molecular formula is C14H22N2O. The molecule has 0 spiro atoms. The number of hydrogen-bond acceptors (Lipinski definition) is 3. The molecule has 0 amide bonds. The van der Waals surface area contributed by atoms with E-state index in [1.807, 2.05) is 12.1 Å². The Balaban J connectivity index is 1.69. The van der Waals surface area contributed by atoms with Gasteiger partial charge in [-0.15, -0.1) is 0 Å². The van der Waals surface area contributed by atoms with Crippen molar-refractivity contribution >= 4 is 0 Å². The summed E-state index contributed by atoms with van der Waals surface area (Å²) in [6.07, 6.45) is 5.11. The maximum Gasteiger partial charge on any atom is 0.118 e. The van der Waals surface area contributed by atoms with Crippen molar-refractivity contribution in [1.29, 1.82) is 0 Å². The molecule has 1 heterocycles. The van der Waals surface area contributed by atoms with Crippen LogP contribution in [-0.2, 0) is 6.42 Å². The lowest BCUT2D eigenvalue weighted by molar-refractivity contribution is 0.155. The second kappa shape index (κ2) is 6.62. The zero-order valence-electron chi connectivity index (χ0n) is 10.6. The molecule has 1 aromatic carbocycles. The van der Waals surface area contributed by atoms with E-state index in [-0.39, 0.29) is 0 Å². The van der Waals surface area contributed by atoms with Gasteiger partial charge in [0.05, 0.1) is 7.11 Å². The first-order chi connectivity index (χ1) is 8.38. The number of piperidine rings is 1. The predicted molar refractivity (Wildman–Crippen MR) is 70.1 cm³/mol. The van der Waals surface area contributed by atoms with Crippen molar-refractivity contribution in [2.24, 2.45) is 0 Å². The van der Waals surface area contributed by atoms with Gasteiger partial charge in [0.15, 0.2) is 0 Å². The minimum atomic E-state index is 0.928. The van der Waals surface area contributed by atoms with Crippen LogP contribution in [0.2, 0.25) is 0 Å². The normalized spacial score (nSPS) is 17.0. The van der Waals surface area contributed by atoms with E-state index in [1.54, 1.807) is 7.11 Å². The molecular weight excluding hydrogens is 212 g/mol. The molecule has 1 aliphatic rings. The van der Waals surface area contributed by atoms with E-state index in [9.17, 15) is 0 Å². The molecule has 0 bridgehead atoms. The van der Waals surface area contributed by atoms with Gasteiger partial charge in [0.1, 0.15) is 5.75 Å². The van der Waals surface area contributed by atoms with Gasteiger partial charge in [-0.1, -0.05) is 18.6 Å². The third-order valence-corrected chi connectivity index (χ3v) is 3.26. The summed E-state index contributed by atoms with van der Waals surface area (Å²) in [7, 11) is 1.70. The van der Waals surface area contributed by atoms with Crippen LogP contribution in [0.25, 0.3) is 0 Å². The second-order valence-corrected chi connectivity index (χ2v) is 4.55. The molecule has 94 valence electrons. The van der Waals surface area contributed by atoms with Crippen LogP contribution in [0.15, 0.2) is 24.3 Å². The van der Waals surface area contributed by atoms with Gasteiger partial charge >= 0.3 is 0 Å². The zero-order chi connectivity index (χ0) is 11.9. The van der Waals surface area contributed by atoms with Crippen molar-refractivity contribution in [3.8, 4) is 5.75 Å². The van der Waals surface area contributed by atoms with Crippen LogP contribution in [0.4, 0.5) is 0 Å². The molecule has 1 saturated heterocycles. The lowest BCUT2D eigenvalue weighted by Gasteiger charge is -2.27. The number of ether oxygens (including phenoxy) is 1. The van der Waals surface area contributed by atoms with Crippen molar-refractivity contribution in [2.45, 2.75) is 25.7 Å². The van der Waals surface area contributed by atoms with Gasteiger partial charge in [0.25, 0.3) is 0 Å². The molecule has 17 heavy (non-hydrogen) atoms. The Morgan fingerprint density at radius 3 is 2.47 bits per heavy atom. The van der Waals surface area contributed by atoms with Crippen LogP contribution in [0.1, 0.15) is 24.8 Å². The van der Waals surface area contributed by atoms with Crippen LogP contribution >= 0.6 is 0 Å². The summed E-state index contributed by atoms with van der Waals surface area (Å²) in [5.41, 5.74) is 4.86. The highest BCUT2D eigenvalue weighted by Crippen LogP contribution is 2.11. The molecule has 1 fully saturated rings. The van der Waals surface area contributed by atoms with E-state index >= 15 is 0 Å². The SMILES string of the molecule is COc1ccc(CCNN2CCCCC2)cc1. The number of hydrogen-bond donors (Lipinski definition) is 1. The number of methoxy groups -OCH3 is 1. The highest BCUT2D eigenvalue weighted by atomic mass is 16.5. The molecule has 2 rings (SSSR count). The van der Waals surface area contributed by atoms with E-state index in [0.717, 1.165) is 18.7 Å². The fraction of sp³-hybridized carbons (Fsp3) is 0.571. The lowest BCUT2D eigenvalue weighted by Crippen LogP contribution is -2.42. The molecule has 0 aliphatic carbocycles. The summed E-state index contributed by atoms with van der Waals surface area (Å²) >= 11 is 0. The maximum atomic E-state index is 5.14. The summed E-state index contributed by atoms with van der Waals surface area (Å²) in [4.78, 5) is 0. The lowest BCUT2D eigenvalue weighted by atomic mass is 10.1. The summed E-state index contributed by atoms with van der Waals surface area (Å²) in [6, 6.07) is 8.32. The van der Waals surface area contributed by atoms with Gasteiger partial charge in [-0.25, -0.2) is 5.01 Å². The molecule has 1 N–H and O–H groups in total. The molecule has 3 heteroatoms. The minimum Gasteiger partial charge on any atom is -0.497 e. The maximum absolute atomic E-state index is 5.14. The Labute approximate surface area is 104 Å². The van der Waals surface area contributed by atoms with Crippen LogP contribution in [0, 0.1) is 0 Å². The average molecular weight is 234 g/mol. The van der Waals surface area contributed by atoms with E-state index in [4.69, 9.17) is 4.74 Å². The summed E-state index contributed by atoms with van der Waals surface area (Å²) < 4.78 is 5.14. The number of benzene rings is 1. The van der Waals surface area contributed by atoms with Crippen molar-refractivity contribution in [3.05, 3.63) is 29.8 Å². The van der Waals surface area contributed by atoms with Crippen LogP contribution < -0.4 is 10.2 Å². The third-order valence-electron chi connectivity index (χ3n) is 3.26. The van der Waals surface area contributed by atoms with Crippen molar-refractivity contribution in [3.63, 3.8) is 0 Å². The molecule has 1 aromatic rings. The van der Waals surface area contributed by atoms with Gasteiger partial charge in [0, 0.05) is 19.6 Å². The van der Waals surface area contributed by atoms with Crippen LogP contribution in [0.5, 0.6) is 5.75 Å². The Hall–Kier alpha value is -1.06. The Morgan fingerprint density at radius 1 is 1.12 bits per heavy atom. The molecule has 1 aliphatic heterocycles. The van der Waals surface area contributed by atoms with Crippen LogP contribution in [-0.4, -0.2) is 31.8 Å². The van der Waals surface area contributed by atoms with Gasteiger partial charge in [-0.3, -0.25) is 5.43 Å². The minimum absolute atomic E-state index is 0.928. The molecule has 3 nitrogen and oxygen atoms in total. The topological polar surface area (TPSA) is 24.5 Å². The standard InChI is InChI=1S/C14H22N2O/c1-17-14-7-5-13(6-8-14)9-10-15-16-11-3-2-4-12-16/h5-8,15H,2-4,9-12H2,1H3. The fourth-order valence-electron chi connectivity index (χ4n) is 2.20. The monoisotopic (exact) mass is 234 g/mol. The van der Waals surface area contributed by atoms with Gasteiger partial charge in [0.2, 0.25) is 0 Å². The van der Waals surface area contributed by atoms with Gasteiger partial charge < -0.3 is 4.74 Å². The van der Waals surface area contributed by atoms with Gasteiger partial charge in [-0.05, 0) is 37.0 Å². The number of nitrogens with one attached hydrogen (secondary N) is 1. The second-order valence-electron chi connectivity index (χ2n) is 4.55. The van der Waals surface area contributed by atoms with Crippen LogP contribution in [0.3, 0.4) is 0 Å². The molecule has 0 atom stereocenters. The van der Waals surface area contributed by atoms with E-state index < -0.39 is 0 Å². The highest BCUT2D eigenvalue weighted by Gasteiger charge is 2.08. The van der Waals surface area contributed by atoms with E-state index in [0.29, 0.717) is 0 Å². The number of hydrazine groups is 1. The highest BCUT2D eigenvalue weighted by molar-refractivity contribution is 5.27. The Bertz CT molecular complexity index is 317. The number of nitrogens with zero attached hydrogens (tertiary/aromatic N) is 1. The molecule has 0 radical (unpaired) electrons. The first-order valence-corrected chi connectivity index (χ1v) is 6.50. The third kappa shape index (κ3) is 4.02. The quantitative estimate of drug-likeness (QED) is 0.845. The Kier molecular flexibility index (Phi) is 4.83. The molecule has 0 saturated carbocycles. The smallest absolute Gasteiger partial charge is 0.118 e. The predicted octanol–water partition coefficient (Wildman–Crippen LogP) is 2.23. The molecule has 0 aromatic heterocycles. The first kappa shape index (κ1) is 12.4. The number of rotatable bonds is 5. The van der Waals surface area contributed by atoms with Crippen molar-refractivity contribution in [1.82, 2.24) is 10.4 Å². The fourth-order valence-corrected chi connectivity index (χ4v) is 2.20. The summed E-state index contributed by atoms with van der Waals surface area (Å²) in [5, 5.41) is 2.35. The van der Waals surface area contributed by atoms with E-state index in [2.05, 4.69) is 22.6 Å².